The third-order valence-electron chi connectivity index (χ3n) is 5.77. The fourth-order valence-electron chi connectivity index (χ4n) is 4.22. The predicted octanol–water partition coefficient (Wildman–Crippen LogP) is 1.72. The third-order valence-corrected chi connectivity index (χ3v) is 5.77. The molecule has 9 heteroatoms. The van der Waals surface area contributed by atoms with Crippen molar-refractivity contribution in [3.05, 3.63) is 47.3 Å². The number of benzene rings is 1. The number of anilines is 2. The number of ether oxygens (including phenoxy) is 1. The van der Waals surface area contributed by atoms with Crippen molar-refractivity contribution in [1.82, 2.24) is 14.9 Å². The zero-order chi connectivity index (χ0) is 22.8. The lowest BCUT2D eigenvalue weighted by molar-refractivity contribution is -0.123. The molecule has 9 nitrogen and oxygen atoms in total. The van der Waals surface area contributed by atoms with Crippen molar-refractivity contribution in [1.29, 1.82) is 0 Å². The Bertz CT molecular complexity index is 1010. The van der Waals surface area contributed by atoms with E-state index in [0.717, 1.165) is 11.4 Å². The number of rotatable bonds is 5. The zero-order valence-electron chi connectivity index (χ0n) is 18.6. The number of carbonyl (C=O) groups excluding carboxylic acids is 3. The van der Waals surface area contributed by atoms with E-state index in [4.69, 9.17) is 4.74 Å². The van der Waals surface area contributed by atoms with Crippen molar-refractivity contribution in [2.45, 2.75) is 33.2 Å². The van der Waals surface area contributed by atoms with Gasteiger partial charge in [0.25, 0.3) is 5.91 Å². The average molecular weight is 438 g/mol. The highest BCUT2D eigenvalue weighted by atomic mass is 16.5. The minimum atomic E-state index is -0.477. The van der Waals surface area contributed by atoms with Crippen molar-refractivity contribution in [2.75, 3.05) is 42.6 Å². The lowest BCUT2D eigenvalue weighted by Gasteiger charge is -2.37. The molecule has 4 rings (SSSR count). The molecule has 0 spiro atoms. The Balaban J connectivity index is 1.41. The molecule has 2 aromatic rings. The molecule has 2 amide bonds. The summed E-state index contributed by atoms with van der Waals surface area (Å²) in [6, 6.07) is 7.83. The molecule has 168 valence electrons. The van der Waals surface area contributed by atoms with Gasteiger partial charge in [0.15, 0.2) is 0 Å². The highest BCUT2D eigenvalue weighted by Crippen LogP contribution is 2.27. The Hall–Kier alpha value is -3.33. The molecule has 2 fully saturated rings. The number of imide groups is 1. The zero-order valence-corrected chi connectivity index (χ0v) is 18.6. The van der Waals surface area contributed by atoms with Gasteiger partial charge in [-0.15, -0.1) is 0 Å². The first kappa shape index (κ1) is 21.9. The third kappa shape index (κ3) is 4.34. The van der Waals surface area contributed by atoms with Crippen LogP contribution in [0.5, 0.6) is 0 Å². The first-order valence-electron chi connectivity index (χ1n) is 10.8. The first-order chi connectivity index (χ1) is 15.4. The summed E-state index contributed by atoms with van der Waals surface area (Å²) >= 11 is 0. The molecule has 1 unspecified atom stereocenters. The number of hydrogen-bond acceptors (Lipinski definition) is 8. The van der Waals surface area contributed by atoms with E-state index >= 15 is 0 Å². The Morgan fingerprint density at radius 2 is 1.66 bits per heavy atom. The summed E-state index contributed by atoms with van der Waals surface area (Å²) in [7, 11) is 0. The number of aryl methyl sites for hydroxylation is 2. The van der Waals surface area contributed by atoms with Crippen molar-refractivity contribution >= 4 is 29.4 Å². The van der Waals surface area contributed by atoms with Gasteiger partial charge in [-0.25, -0.2) is 19.7 Å². The second-order valence-electron chi connectivity index (χ2n) is 8.03. The SMILES string of the molecule is CCOC(=O)c1ccc(N2C(=O)CC(N3CCN(c4nc(C)cc(C)n4)CC3)C2=O)cc1. The summed E-state index contributed by atoms with van der Waals surface area (Å²) in [5.41, 5.74) is 2.71. The highest BCUT2D eigenvalue weighted by molar-refractivity contribution is 6.22. The normalized spacial score (nSPS) is 19.5. The molecule has 0 N–H and O–H groups in total. The smallest absolute Gasteiger partial charge is 0.338 e. The van der Waals surface area contributed by atoms with E-state index < -0.39 is 12.0 Å². The fraction of sp³-hybridized carbons (Fsp3) is 0.435. The molecule has 0 bridgehead atoms. The number of carbonyl (C=O) groups is 3. The maximum absolute atomic E-state index is 13.1. The average Bonchev–Trinajstić information content (AvgIpc) is 3.07. The Morgan fingerprint density at radius 3 is 2.25 bits per heavy atom. The van der Waals surface area contributed by atoms with Gasteiger partial charge < -0.3 is 9.64 Å². The van der Waals surface area contributed by atoms with Gasteiger partial charge in [0.1, 0.15) is 0 Å². The van der Waals surface area contributed by atoms with Crippen LogP contribution in [0.15, 0.2) is 30.3 Å². The molecule has 0 radical (unpaired) electrons. The number of piperazine rings is 1. The molecule has 0 saturated carbocycles. The molecule has 1 aromatic heterocycles. The van der Waals surface area contributed by atoms with Crippen LogP contribution in [0.3, 0.4) is 0 Å². The number of amides is 2. The van der Waals surface area contributed by atoms with Gasteiger partial charge in [-0.2, -0.15) is 0 Å². The van der Waals surface area contributed by atoms with Crippen molar-refractivity contribution < 1.29 is 19.1 Å². The molecular weight excluding hydrogens is 410 g/mol. The Morgan fingerprint density at radius 1 is 1.03 bits per heavy atom. The van der Waals surface area contributed by atoms with Gasteiger partial charge in [0.2, 0.25) is 11.9 Å². The summed E-state index contributed by atoms with van der Waals surface area (Å²) in [6.45, 7) is 8.60. The first-order valence-corrected chi connectivity index (χ1v) is 10.8. The molecule has 2 aliphatic rings. The lowest BCUT2D eigenvalue weighted by atomic mass is 10.1. The number of nitrogens with zero attached hydrogens (tertiary/aromatic N) is 5. The van der Waals surface area contributed by atoms with Crippen LogP contribution in [0.4, 0.5) is 11.6 Å². The van der Waals surface area contributed by atoms with Crippen LogP contribution in [-0.2, 0) is 14.3 Å². The number of aromatic nitrogens is 2. The summed E-state index contributed by atoms with van der Waals surface area (Å²) in [6.07, 6.45) is 0.151. The van der Waals surface area contributed by atoms with E-state index in [1.165, 1.54) is 4.90 Å². The second kappa shape index (κ2) is 9.04. The molecular formula is C23H27N5O4. The van der Waals surface area contributed by atoms with E-state index in [1.807, 2.05) is 19.9 Å². The van der Waals surface area contributed by atoms with Gasteiger partial charge in [0, 0.05) is 37.6 Å². The van der Waals surface area contributed by atoms with E-state index in [-0.39, 0.29) is 24.8 Å². The van der Waals surface area contributed by atoms with Crippen molar-refractivity contribution in [3.63, 3.8) is 0 Å². The van der Waals surface area contributed by atoms with Gasteiger partial charge in [0.05, 0.1) is 30.3 Å². The highest BCUT2D eigenvalue weighted by Gasteiger charge is 2.43. The minimum absolute atomic E-state index is 0.151. The van der Waals surface area contributed by atoms with E-state index in [0.29, 0.717) is 43.4 Å². The largest absolute Gasteiger partial charge is 0.462 e. The van der Waals surface area contributed by atoms with E-state index in [2.05, 4.69) is 19.8 Å². The molecule has 0 aliphatic carbocycles. The van der Waals surface area contributed by atoms with Gasteiger partial charge in [-0.3, -0.25) is 14.5 Å². The summed E-state index contributed by atoms with van der Waals surface area (Å²) in [4.78, 5) is 52.1. The minimum Gasteiger partial charge on any atom is -0.462 e. The van der Waals surface area contributed by atoms with Crippen LogP contribution in [-0.4, -0.2) is 71.5 Å². The van der Waals surface area contributed by atoms with Crippen molar-refractivity contribution in [2.24, 2.45) is 0 Å². The molecule has 1 aromatic carbocycles. The van der Waals surface area contributed by atoms with Crippen LogP contribution < -0.4 is 9.80 Å². The Kier molecular flexibility index (Phi) is 6.18. The summed E-state index contributed by atoms with van der Waals surface area (Å²) < 4.78 is 4.98. The van der Waals surface area contributed by atoms with Crippen LogP contribution >= 0.6 is 0 Å². The Labute approximate surface area is 187 Å². The number of hydrogen-bond donors (Lipinski definition) is 0. The molecule has 3 heterocycles. The van der Waals surface area contributed by atoms with Crippen molar-refractivity contribution in [3.8, 4) is 0 Å². The summed E-state index contributed by atoms with van der Waals surface area (Å²) in [5, 5.41) is 0. The standard InChI is InChI=1S/C23H27N5O4/c1-4-32-22(31)17-5-7-18(8-6-17)28-20(29)14-19(21(28)30)26-9-11-27(12-10-26)23-24-15(2)13-16(3)25-23/h5-8,13,19H,4,9-12,14H2,1-3H3. The van der Waals surface area contributed by atoms with E-state index in [9.17, 15) is 14.4 Å². The lowest BCUT2D eigenvalue weighted by Crippen LogP contribution is -2.53. The van der Waals surface area contributed by atoms with Crippen LogP contribution in [0.25, 0.3) is 0 Å². The predicted molar refractivity (Wildman–Crippen MR) is 119 cm³/mol. The fourth-order valence-corrected chi connectivity index (χ4v) is 4.22. The quantitative estimate of drug-likeness (QED) is 0.515. The van der Waals surface area contributed by atoms with E-state index in [1.54, 1.807) is 31.2 Å². The molecule has 32 heavy (non-hydrogen) atoms. The van der Waals surface area contributed by atoms with Crippen LogP contribution in [0.1, 0.15) is 35.1 Å². The number of esters is 1. The van der Waals surface area contributed by atoms with Crippen LogP contribution in [0.2, 0.25) is 0 Å². The molecule has 2 aliphatic heterocycles. The summed E-state index contributed by atoms with van der Waals surface area (Å²) in [5.74, 6) is -0.181. The topological polar surface area (TPSA) is 95.9 Å². The molecule has 1 atom stereocenters. The molecule has 2 saturated heterocycles. The van der Waals surface area contributed by atoms with Crippen LogP contribution in [0, 0.1) is 13.8 Å². The van der Waals surface area contributed by atoms with Gasteiger partial charge in [-0.1, -0.05) is 0 Å². The van der Waals surface area contributed by atoms with Gasteiger partial charge in [-0.05, 0) is 51.1 Å². The van der Waals surface area contributed by atoms with Gasteiger partial charge >= 0.3 is 5.97 Å². The maximum Gasteiger partial charge on any atom is 0.338 e. The monoisotopic (exact) mass is 437 g/mol. The second-order valence-corrected chi connectivity index (χ2v) is 8.03. The maximum atomic E-state index is 13.1.